The van der Waals surface area contributed by atoms with Crippen molar-refractivity contribution in [1.29, 1.82) is 0 Å². The second kappa shape index (κ2) is 7.23. The molecule has 2 bridgehead atoms. The summed E-state index contributed by atoms with van der Waals surface area (Å²) < 4.78 is 28.2. The topological polar surface area (TPSA) is 83.5 Å². The first-order chi connectivity index (χ1) is 11.5. The molecule has 0 radical (unpaired) electrons. The molecule has 0 spiro atoms. The van der Waals surface area contributed by atoms with Gasteiger partial charge in [0.1, 0.15) is 0 Å². The molecule has 1 aromatic rings. The monoisotopic (exact) mass is 351 g/mol. The molecule has 1 aromatic carbocycles. The summed E-state index contributed by atoms with van der Waals surface area (Å²) in [5.41, 5.74) is 0. The molecule has 2 aliphatic rings. The fourth-order valence-electron chi connectivity index (χ4n) is 4.51. The lowest BCUT2D eigenvalue weighted by molar-refractivity contribution is -0.137. The summed E-state index contributed by atoms with van der Waals surface area (Å²) in [6.07, 6.45) is 6.00. The van der Waals surface area contributed by atoms with E-state index in [-0.39, 0.29) is 12.5 Å². The molecule has 2 saturated carbocycles. The molecule has 2 aliphatic carbocycles. The van der Waals surface area contributed by atoms with E-state index < -0.39 is 16.0 Å². The van der Waals surface area contributed by atoms with Crippen LogP contribution in [0.3, 0.4) is 0 Å². The molecule has 0 amide bonds. The third kappa shape index (κ3) is 3.81. The third-order valence-corrected chi connectivity index (χ3v) is 7.09. The van der Waals surface area contributed by atoms with Gasteiger partial charge < -0.3 is 5.11 Å². The molecular weight excluding hydrogens is 326 g/mol. The lowest BCUT2D eigenvalue weighted by atomic mass is 9.81. The van der Waals surface area contributed by atoms with Gasteiger partial charge in [-0.05, 0) is 62.0 Å². The van der Waals surface area contributed by atoms with Crippen LogP contribution in [0.4, 0.5) is 0 Å². The Balaban J connectivity index is 1.65. The molecule has 132 valence electrons. The van der Waals surface area contributed by atoms with Crippen molar-refractivity contribution < 1.29 is 18.3 Å². The quantitative estimate of drug-likeness (QED) is 0.705. The summed E-state index contributed by atoms with van der Waals surface area (Å²) in [4.78, 5) is 11.0. The number of unbranched alkanes of at least 4 members (excludes halogenated alkanes) is 1. The molecule has 0 heterocycles. The molecular formula is C18H25NO4S. The van der Waals surface area contributed by atoms with Crippen LogP contribution in [0.2, 0.25) is 0 Å². The molecule has 4 atom stereocenters. The number of hydrogen-bond acceptors (Lipinski definition) is 3. The first-order valence-corrected chi connectivity index (χ1v) is 10.2. The zero-order chi connectivity index (χ0) is 17.2. The maximum absolute atomic E-state index is 12.6. The maximum Gasteiger partial charge on any atom is 0.303 e. The lowest BCUT2D eigenvalue weighted by Crippen LogP contribution is -2.43. The molecule has 0 saturated heterocycles. The van der Waals surface area contributed by atoms with E-state index in [1.54, 1.807) is 24.3 Å². The smallest absolute Gasteiger partial charge is 0.303 e. The van der Waals surface area contributed by atoms with E-state index >= 15 is 0 Å². The van der Waals surface area contributed by atoms with Gasteiger partial charge in [-0.1, -0.05) is 24.6 Å². The van der Waals surface area contributed by atoms with Gasteiger partial charge in [-0.2, -0.15) is 0 Å². The first-order valence-electron chi connectivity index (χ1n) is 8.76. The molecule has 0 aromatic heterocycles. The van der Waals surface area contributed by atoms with Crippen molar-refractivity contribution in [3.8, 4) is 0 Å². The summed E-state index contributed by atoms with van der Waals surface area (Å²) >= 11 is 0. The van der Waals surface area contributed by atoms with Crippen molar-refractivity contribution in [3.05, 3.63) is 30.3 Å². The van der Waals surface area contributed by atoms with E-state index in [1.165, 1.54) is 6.42 Å². The number of carboxylic acids is 1. The van der Waals surface area contributed by atoms with Crippen molar-refractivity contribution in [3.63, 3.8) is 0 Å². The first kappa shape index (κ1) is 17.4. The fraction of sp³-hybridized carbons (Fsp3) is 0.611. The molecule has 0 unspecified atom stereocenters. The van der Waals surface area contributed by atoms with Crippen LogP contribution >= 0.6 is 0 Å². The van der Waals surface area contributed by atoms with Gasteiger partial charge in [-0.15, -0.1) is 0 Å². The van der Waals surface area contributed by atoms with Gasteiger partial charge in [0.25, 0.3) is 0 Å². The number of nitrogens with one attached hydrogen (secondary N) is 1. The molecule has 3 rings (SSSR count). The van der Waals surface area contributed by atoms with E-state index in [4.69, 9.17) is 5.11 Å². The average Bonchev–Trinajstić information content (AvgIpc) is 3.14. The number of hydrogen-bond donors (Lipinski definition) is 2. The van der Waals surface area contributed by atoms with E-state index in [2.05, 4.69) is 4.72 Å². The highest BCUT2D eigenvalue weighted by molar-refractivity contribution is 7.89. The van der Waals surface area contributed by atoms with E-state index in [1.807, 2.05) is 6.07 Å². The minimum atomic E-state index is -3.49. The van der Waals surface area contributed by atoms with Gasteiger partial charge in [0, 0.05) is 12.5 Å². The molecule has 5 nitrogen and oxygen atoms in total. The number of sulfonamides is 1. The summed E-state index contributed by atoms with van der Waals surface area (Å²) in [6.45, 7) is 0. The molecule has 2 N–H and O–H groups in total. The van der Waals surface area contributed by atoms with Crippen molar-refractivity contribution in [2.24, 2.45) is 17.8 Å². The van der Waals surface area contributed by atoms with Crippen LogP contribution < -0.4 is 4.72 Å². The zero-order valence-electron chi connectivity index (χ0n) is 13.7. The normalized spacial score (nSPS) is 29.0. The third-order valence-electron chi connectivity index (χ3n) is 5.61. The van der Waals surface area contributed by atoms with Crippen LogP contribution in [0, 0.1) is 17.8 Å². The lowest BCUT2D eigenvalue weighted by Gasteiger charge is -2.31. The largest absolute Gasteiger partial charge is 0.481 e. The number of rotatable bonds is 8. The van der Waals surface area contributed by atoms with Gasteiger partial charge in [-0.3, -0.25) is 4.79 Å². The molecule has 0 aliphatic heterocycles. The Kier molecular flexibility index (Phi) is 5.25. The van der Waals surface area contributed by atoms with E-state index in [0.29, 0.717) is 29.1 Å². The number of fused-ring (bicyclic) bond motifs is 2. The Morgan fingerprint density at radius 3 is 2.54 bits per heavy atom. The number of carboxylic acid groups (broad SMARTS) is 1. The minimum absolute atomic E-state index is 0.00113. The highest BCUT2D eigenvalue weighted by Gasteiger charge is 2.48. The van der Waals surface area contributed by atoms with Crippen LogP contribution in [0.25, 0.3) is 0 Å². The molecule has 6 heteroatoms. The van der Waals surface area contributed by atoms with Crippen LogP contribution in [0.15, 0.2) is 35.2 Å². The molecule has 24 heavy (non-hydrogen) atoms. The van der Waals surface area contributed by atoms with Crippen molar-refractivity contribution in [2.75, 3.05) is 0 Å². The summed E-state index contributed by atoms with van der Waals surface area (Å²) in [6, 6.07) is 8.52. The average molecular weight is 351 g/mol. The van der Waals surface area contributed by atoms with Gasteiger partial charge in [0.05, 0.1) is 4.90 Å². The number of aliphatic carboxylic acids is 1. The number of carbonyl (C=O) groups is 1. The van der Waals surface area contributed by atoms with Crippen LogP contribution in [0.1, 0.15) is 44.9 Å². The highest BCUT2D eigenvalue weighted by atomic mass is 32.2. The summed E-state index contributed by atoms with van der Waals surface area (Å²) in [7, 11) is -3.49. The Morgan fingerprint density at radius 2 is 1.83 bits per heavy atom. The predicted molar refractivity (Wildman–Crippen MR) is 91.0 cm³/mol. The van der Waals surface area contributed by atoms with Crippen molar-refractivity contribution >= 4 is 16.0 Å². The van der Waals surface area contributed by atoms with Gasteiger partial charge in [-0.25, -0.2) is 13.1 Å². The maximum atomic E-state index is 12.6. The highest BCUT2D eigenvalue weighted by Crippen LogP contribution is 2.50. The second-order valence-corrected chi connectivity index (χ2v) is 8.81. The zero-order valence-corrected chi connectivity index (χ0v) is 14.5. The van der Waals surface area contributed by atoms with Crippen molar-refractivity contribution in [1.82, 2.24) is 4.72 Å². The Hall–Kier alpha value is -1.40. The van der Waals surface area contributed by atoms with Gasteiger partial charge >= 0.3 is 5.97 Å². The Bertz CT molecular complexity index is 674. The SMILES string of the molecule is O=C(O)CCCC[C@H]1[C@@H]2CC[C@@H](C2)[C@@H]1NS(=O)(=O)c1ccccc1. The fourth-order valence-corrected chi connectivity index (χ4v) is 5.89. The predicted octanol–water partition coefficient (Wildman–Crippen LogP) is 3.02. The van der Waals surface area contributed by atoms with Crippen LogP contribution in [-0.4, -0.2) is 25.5 Å². The standard InChI is InChI=1S/C18H25NO4S/c20-17(21)9-5-4-8-16-13-10-11-14(12-13)18(16)19-24(22,23)15-6-2-1-3-7-15/h1-3,6-7,13-14,16,18-19H,4-5,8-12H2,(H,20,21)/t13-,14+,16+,18+/m1/s1. The molecule has 2 fully saturated rings. The van der Waals surface area contributed by atoms with E-state index in [0.717, 1.165) is 25.7 Å². The van der Waals surface area contributed by atoms with E-state index in [9.17, 15) is 13.2 Å². The van der Waals surface area contributed by atoms with Crippen LogP contribution in [-0.2, 0) is 14.8 Å². The Morgan fingerprint density at radius 1 is 1.12 bits per heavy atom. The number of benzene rings is 1. The second-order valence-electron chi connectivity index (χ2n) is 7.10. The van der Waals surface area contributed by atoms with Gasteiger partial charge in [0.2, 0.25) is 10.0 Å². The van der Waals surface area contributed by atoms with Crippen molar-refractivity contribution in [2.45, 2.75) is 55.9 Å². The van der Waals surface area contributed by atoms with Crippen LogP contribution in [0.5, 0.6) is 0 Å². The Labute approximate surface area is 143 Å². The van der Waals surface area contributed by atoms with Gasteiger partial charge in [0.15, 0.2) is 0 Å². The summed E-state index contributed by atoms with van der Waals surface area (Å²) in [5.74, 6) is 0.599. The summed E-state index contributed by atoms with van der Waals surface area (Å²) in [5, 5.41) is 8.75. The minimum Gasteiger partial charge on any atom is -0.481 e.